The third-order valence-corrected chi connectivity index (χ3v) is 3.66. The van der Waals surface area contributed by atoms with Crippen molar-refractivity contribution >= 4 is 22.6 Å². The Hall–Kier alpha value is -0.0700. The Bertz CT molecular complexity index is 327. The van der Waals surface area contributed by atoms with Crippen molar-refractivity contribution in [2.75, 3.05) is 26.7 Å². The molecule has 1 saturated heterocycles. The first-order valence-corrected chi connectivity index (χ1v) is 6.95. The molecular weight excluding hydrogens is 315 g/mol. The number of rotatable bonds is 4. The van der Waals surface area contributed by atoms with Gasteiger partial charge >= 0.3 is 0 Å². The van der Waals surface area contributed by atoms with E-state index in [9.17, 15) is 0 Å². The van der Waals surface area contributed by atoms with Crippen LogP contribution in [0.5, 0.6) is 0 Å². The second kappa shape index (κ2) is 6.02. The normalized spacial score (nSPS) is 22.5. The van der Waals surface area contributed by atoms with Crippen LogP contribution in [-0.2, 0) is 6.54 Å². The minimum absolute atomic E-state index is 0.799. The quantitative estimate of drug-likeness (QED) is 0.857. The van der Waals surface area contributed by atoms with Gasteiger partial charge in [0.15, 0.2) is 3.77 Å². The summed E-state index contributed by atoms with van der Waals surface area (Å²) < 4.78 is 6.47. The molecule has 0 spiro atoms. The molecule has 90 valence electrons. The lowest BCUT2D eigenvalue weighted by Crippen LogP contribution is -2.37. The van der Waals surface area contributed by atoms with Gasteiger partial charge in [0.05, 0.1) is 6.54 Å². The molecule has 16 heavy (non-hydrogen) atoms. The van der Waals surface area contributed by atoms with Gasteiger partial charge in [0.1, 0.15) is 5.76 Å². The first kappa shape index (κ1) is 12.4. The minimum Gasteiger partial charge on any atom is -0.454 e. The van der Waals surface area contributed by atoms with E-state index >= 15 is 0 Å². The number of nitrogens with zero attached hydrogens (tertiary/aromatic N) is 1. The zero-order valence-electron chi connectivity index (χ0n) is 9.71. The van der Waals surface area contributed by atoms with Crippen molar-refractivity contribution in [1.82, 2.24) is 10.2 Å². The van der Waals surface area contributed by atoms with Gasteiger partial charge in [0.2, 0.25) is 0 Å². The maximum Gasteiger partial charge on any atom is 0.164 e. The Morgan fingerprint density at radius 1 is 1.56 bits per heavy atom. The third-order valence-electron chi connectivity index (χ3n) is 3.08. The van der Waals surface area contributed by atoms with Crippen LogP contribution in [-0.4, -0.2) is 31.6 Å². The Kier molecular flexibility index (Phi) is 4.66. The summed E-state index contributed by atoms with van der Waals surface area (Å²) in [5.74, 6) is 1.83. The van der Waals surface area contributed by atoms with Gasteiger partial charge in [-0.15, -0.1) is 0 Å². The monoisotopic (exact) mass is 334 g/mol. The van der Waals surface area contributed by atoms with Crippen molar-refractivity contribution in [3.05, 3.63) is 21.7 Å². The van der Waals surface area contributed by atoms with Crippen LogP contribution < -0.4 is 5.32 Å². The second-order valence-electron chi connectivity index (χ2n) is 4.61. The molecule has 1 atom stereocenters. The van der Waals surface area contributed by atoms with Crippen LogP contribution in [0.25, 0.3) is 0 Å². The van der Waals surface area contributed by atoms with E-state index in [1.807, 2.05) is 12.1 Å². The highest BCUT2D eigenvalue weighted by atomic mass is 127. The maximum atomic E-state index is 5.51. The Morgan fingerprint density at radius 2 is 2.44 bits per heavy atom. The summed E-state index contributed by atoms with van der Waals surface area (Å²) in [4.78, 5) is 2.42. The highest BCUT2D eigenvalue weighted by Crippen LogP contribution is 2.14. The largest absolute Gasteiger partial charge is 0.454 e. The summed E-state index contributed by atoms with van der Waals surface area (Å²) in [5.41, 5.74) is 0. The molecule has 1 aliphatic rings. The van der Waals surface area contributed by atoms with Gasteiger partial charge in [0, 0.05) is 6.54 Å². The fraction of sp³-hybridized carbons (Fsp3) is 0.667. The average Bonchev–Trinajstić information content (AvgIpc) is 2.64. The molecule has 2 rings (SSSR count). The number of hydrogen-bond acceptors (Lipinski definition) is 3. The Labute approximate surface area is 111 Å². The fourth-order valence-corrected chi connectivity index (χ4v) is 2.75. The van der Waals surface area contributed by atoms with Crippen LogP contribution in [0.4, 0.5) is 0 Å². The van der Waals surface area contributed by atoms with Crippen LogP contribution >= 0.6 is 22.6 Å². The zero-order valence-corrected chi connectivity index (χ0v) is 11.9. The van der Waals surface area contributed by atoms with Crippen LogP contribution in [0.15, 0.2) is 16.5 Å². The molecule has 1 unspecified atom stereocenters. The van der Waals surface area contributed by atoms with Gasteiger partial charge in [0.25, 0.3) is 0 Å². The van der Waals surface area contributed by atoms with E-state index in [0.29, 0.717) is 0 Å². The summed E-state index contributed by atoms with van der Waals surface area (Å²) >= 11 is 2.20. The molecule has 1 aromatic heterocycles. The highest BCUT2D eigenvalue weighted by molar-refractivity contribution is 14.1. The fourth-order valence-electron chi connectivity index (χ4n) is 2.29. The lowest BCUT2D eigenvalue weighted by Gasteiger charge is -2.29. The van der Waals surface area contributed by atoms with Crippen molar-refractivity contribution in [3.63, 3.8) is 0 Å². The van der Waals surface area contributed by atoms with E-state index in [4.69, 9.17) is 4.42 Å². The number of likely N-dealkylation sites (tertiary alicyclic amines) is 1. The van der Waals surface area contributed by atoms with Gasteiger partial charge in [-0.1, -0.05) is 0 Å². The first-order chi connectivity index (χ1) is 7.74. The van der Waals surface area contributed by atoms with Crippen molar-refractivity contribution in [2.45, 2.75) is 19.4 Å². The molecule has 1 fully saturated rings. The predicted octanol–water partition coefficient (Wildman–Crippen LogP) is 2.32. The molecule has 0 aliphatic carbocycles. The summed E-state index contributed by atoms with van der Waals surface area (Å²) in [6.45, 7) is 4.43. The van der Waals surface area contributed by atoms with Crippen LogP contribution in [0, 0.1) is 9.68 Å². The van der Waals surface area contributed by atoms with E-state index in [2.05, 4.69) is 39.9 Å². The Balaban J connectivity index is 1.67. The zero-order chi connectivity index (χ0) is 11.4. The molecule has 4 heteroatoms. The van der Waals surface area contributed by atoms with E-state index in [1.54, 1.807) is 0 Å². The number of nitrogens with one attached hydrogen (secondary N) is 1. The van der Waals surface area contributed by atoms with Crippen LogP contribution in [0.3, 0.4) is 0 Å². The van der Waals surface area contributed by atoms with E-state index in [0.717, 1.165) is 28.5 Å². The molecule has 0 saturated carbocycles. The van der Waals surface area contributed by atoms with Crippen molar-refractivity contribution in [1.29, 1.82) is 0 Å². The topological polar surface area (TPSA) is 28.4 Å². The van der Waals surface area contributed by atoms with E-state index < -0.39 is 0 Å². The first-order valence-electron chi connectivity index (χ1n) is 5.87. The summed E-state index contributed by atoms with van der Waals surface area (Å²) in [7, 11) is 2.21. The van der Waals surface area contributed by atoms with Gasteiger partial charge in [-0.3, -0.25) is 0 Å². The number of piperidine rings is 1. The minimum atomic E-state index is 0.799. The smallest absolute Gasteiger partial charge is 0.164 e. The predicted molar refractivity (Wildman–Crippen MR) is 73.4 cm³/mol. The average molecular weight is 334 g/mol. The number of halogens is 1. The molecule has 0 amide bonds. The van der Waals surface area contributed by atoms with Gasteiger partial charge in [-0.25, -0.2) is 0 Å². The number of furan rings is 1. The third kappa shape index (κ3) is 3.75. The van der Waals surface area contributed by atoms with Crippen molar-refractivity contribution < 1.29 is 4.42 Å². The van der Waals surface area contributed by atoms with Gasteiger partial charge < -0.3 is 14.6 Å². The lowest BCUT2D eigenvalue weighted by molar-refractivity contribution is 0.205. The van der Waals surface area contributed by atoms with Crippen molar-refractivity contribution in [3.8, 4) is 0 Å². The van der Waals surface area contributed by atoms with E-state index in [1.165, 1.54) is 25.9 Å². The van der Waals surface area contributed by atoms with Crippen molar-refractivity contribution in [2.24, 2.45) is 5.92 Å². The molecule has 1 N–H and O–H groups in total. The lowest BCUT2D eigenvalue weighted by atomic mass is 9.98. The highest BCUT2D eigenvalue weighted by Gasteiger charge is 2.16. The molecular formula is C12H19IN2O. The standard InChI is InChI=1S/C12H19IN2O/c1-15-6-2-3-10(9-15)7-14-8-11-4-5-12(13)16-11/h4-5,10,14H,2-3,6-9H2,1H3. The second-order valence-corrected chi connectivity index (χ2v) is 5.67. The molecule has 3 nitrogen and oxygen atoms in total. The summed E-state index contributed by atoms with van der Waals surface area (Å²) in [6, 6.07) is 4.05. The van der Waals surface area contributed by atoms with Crippen LogP contribution in [0.1, 0.15) is 18.6 Å². The van der Waals surface area contributed by atoms with Gasteiger partial charge in [-0.05, 0) is 73.6 Å². The molecule has 0 radical (unpaired) electrons. The van der Waals surface area contributed by atoms with Crippen LogP contribution in [0.2, 0.25) is 0 Å². The summed E-state index contributed by atoms with van der Waals surface area (Å²) in [6.07, 6.45) is 2.69. The molecule has 1 aromatic rings. The van der Waals surface area contributed by atoms with Gasteiger partial charge in [-0.2, -0.15) is 0 Å². The number of hydrogen-bond donors (Lipinski definition) is 1. The molecule has 1 aliphatic heterocycles. The summed E-state index contributed by atoms with van der Waals surface area (Å²) in [5, 5.41) is 3.48. The SMILES string of the molecule is CN1CCCC(CNCc2ccc(I)o2)C1. The van der Waals surface area contributed by atoms with E-state index in [-0.39, 0.29) is 0 Å². The Morgan fingerprint density at radius 3 is 3.12 bits per heavy atom. The molecule has 0 bridgehead atoms. The maximum absolute atomic E-state index is 5.51. The molecule has 0 aromatic carbocycles. The molecule has 2 heterocycles.